The summed E-state index contributed by atoms with van der Waals surface area (Å²) in [7, 11) is 3.00. The molecule has 0 bridgehead atoms. The molecule has 6 nitrogen and oxygen atoms in total. The van der Waals surface area contributed by atoms with Crippen LogP contribution >= 0.6 is 23.2 Å². The molecule has 0 unspecified atom stereocenters. The summed E-state index contributed by atoms with van der Waals surface area (Å²) in [5, 5.41) is 3.83. The molecule has 3 aromatic rings. The molecule has 0 aliphatic rings. The van der Waals surface area contributed by atoms with Crippen molar-refractivity contribution in [3.05, 3.63) is 58.5 Å². The summed E-state index contributed by atoms with van der Waals surface area (Å²) >= 11 is 12.0. The van der Waals surface area contributed by atoms with Crippen LogP contribution in [0.2, 0.25) is 10.0 Å². The molecule has 0 aliphatic carbocycles. The summed E-state index contributed by atoms with van der Waals surface area (Å²) in [6.45, 7) is 0. The summed E-state index contributed by atoms with van der Waals surface area (Å²) in [6.07, 6.45) is 2.17. The van der Waals surface area contributed by atoms with Gasteiger partial charge in [0.15, 0.2) is 11.7 Å². The first kappa shape index (κ1) is 20.0. The lowest BCUT2D eigenvalue weighted by Crippen LogP contribution is -2.13. The lowest BCUT2D eigenvalue weighted by molar-refractivity contribution is -0.116. The zero-order valence-corrected chi connectivity index (χ0v) is 16.8. The zero-order chi connectivity index (χ0) is 20.1. The molecule has 0 fully saturated rings. The SMILES string of the molecule is COc1cc(NC(=O)CCc2ncc(-c3ccc(Cl)cc3)o2)c(OC)cc1Cl. The van der Waals surface area contributed by atoms with Gasteiger partial charge in [0, 0.05) is 35.6 Å². The number of anilines is 1. The van der Waals surface area contributed by atoms with Gasteiger partial charge < -0.3 is 19.2 Å². The molecule has 0 spiro atoms. The van der Waals surface area contributed by atoms with Gasteiger partial charge in [0.1, 0.15) is 11.5 Å². The van der Waals surface area contributed by atoms with E-state index < -0.39 is 0 Å². The molecule has 146 valence electrons. The molecule has 1 heterocycles. The third-order valence-electron chi connectivity index (χ3n) is 4.00. The fraction of sp³-hybridized carbons (Fsp3) is 0.200. The lowest BCUT2D eigenvalue weighted by atomic mass is 10.2. The maximum absolute atomic E-state index is 12.3. The van der Waals surface area contributed by atoms with Crippen LogP contribution in [0, 0.1) is 0 Å². The quantitative estimate of drug-likeness (QED) is 0.565. The van der Waals surface area contributed by atoms with E-state index >= 15 is 0 Å². The lowest BCUT2D eigenvalue weighted by Gasteiger charge is -2.13. The highest BCUT2D eigenvalue weighted by Gasteiger charge is 2.14. The molecule has 2 aromatic carbocycles. The number of rotatable bonds is 7. The second kappa shape index (κ2) is 8.99. The molecular formula is C20H18Cl2N2O4. The van der Waals surface area contributed by atoms with Crippen LogP contribution in [0.5, 0.6) is 11.5 Å². The van der Waals surface area contributed by atoms with E-state index in [4.69, 9.17) is 37.1 Å². The maximum atomic E-state index is 12.3. The van der Waals surface area contributed by atoms with Crippen LogP contribution in [0.1, 0.15) is 12.3 Å². The molecule has 0 saturated carbocycles. The van der Waals surface area contributed by atoms with E-state index in [2.05, 4.69) is 10.3 Å². The predicted molar refractivity (Wildman–Crippen MR) is 108 cm³/mol. The van der Waals surface area contributed by atoms with Crippen LogP contribution in [-0.2, 0) is 11.2 Å². The standard InChI is InChI=1S/C20H18Cl2N2O4/c1-26-16-10-15(17(27-2)9-14(16)22)24-19(25)7-8-20-23-11-18(28-20)12-3-5-13(21)6-4-12/h3-6,9-11H,7-8H2,1-2H3,(H,24,25). The minimum atomic E-state index is -0.214. The van der Waals surface area contributed by atoms with Crippen molar-refractivity contribution in [2.24, 2.45) is 0 Å². The molecule has 1 amide bonds. The number of halogens is 2. The summed E-state index contributed by atoms with van der Waals surface area (Å²) in [5.74, 6) is 1.77. The number of benzene rings is 2. The van der Waals surface area contributed by atoms with Gasteiger partial charge in [-0.2, -0.15) is 0 Å². The smallest absolute Gasteiger partial charge is 0.224 e. The van der Waals surface area contributed by atoms with Crippen molar-refractivity contribution < 1.29 is 18.7 Å². The molecule has 8 heteroatoms. The number of nitrogens with one attached hydrogen (secondary N) is 1. The second-order valence-electron chi connectivity index (χ2n) is 5.86. The Morgan fingerprint density at radius 2 is 1.82 bits per heavy atom. The zero-order valence-electron chi connectivity index (χ0n) is 15.3. The van der Waals surface area contributed by atoms with Gasteiger partial charge in [0.25, 0.3) is 0 Å². The largest absolute Gasteiger partial charge is 0.495 e. The Bertz CT molecular complexity index is 971. The molecule has 0 saturated heterocycles. The minimum Gasteiger partial charge on any atom is -0.495 e. The fourth-order valence-corrected chi connectivity index (χ4v) is 2.92. The highest BCUT2D eigenvalue weighted by atomic mass is 35.5. The van der Waals surface area contributed by atoms with Crippen LogP contribution in [-0.4, -0.2) is 25.1 Å². The Hall–Kier alpha value is -2.70. The molecule has 0 atom stereocenters. The Balaban J connectivity index is 1.63. The van der Waals surface area contributed by atoms with Crippen LogP contribution in [0.4, 0.5) is 5.69 Å². The molecule has 0 aliphatic heterocycles. The third kappa shape index (κ3) is 4.77. The van der Waals surface area contributed by atoms with Crippen molar-refractivity contribution in [1.82, 2.24) is 4.98 Å². The van der Waals surface area contributed by atoms with Gasteiger partial charge in [0.05, 0.1) is 31.1 Å². The topological polar surface area (TPSA) is 73.6 Å². The van der Waals surface area contributed by atoms with Gasteiger partial charge in [-0.3, -0.25) is 4.79 Å². The number of hydrogen-bond donors (Lipinski definition) is 1. The number of hydrogen-bond acceptors (Lipinski definition) is 5. The van der Waals surface area contributed by atoms with Gasteiger partial charge in [-0.1, -0.05) is 23.2 Å². The van der Waals surface area contributed by atoms with Crippen molar-refractivity contribution in [2.75, 3.05) is 19.5 Å². The highest BCUT2D eigenvalue weighted by molar-refractivity contribution is 6.32. The van der Waals surface area contributed by atoms with Crippen LogP contribution < -0.4 is 14.8 Å². The first-order valence-electron chi connectivity index (χ1n) is 8.42. The monoisotopic (exact) mass is 420 g/mol. The summed E-state index contributed by atoms with van der Waals surface area (Å²) in [5.41, 5.74) is 1.34. The van der Waals surface area contributed by atoms with E-state index in [0.717, 1.165) is 5.56 Å². The van der Waals surface area contributed by atoms with E-state index in [9.17, 15) is 4.79 Å². The van der Waals surface area contributed by atoms with E-state index in [1.807, 2.05) is 12.1 Å². The molecule has 1 aromatic heterocycles. The molecule has 3 rings (SSSR count). The van der Waals surface area contributed by atoms with Crippen molar-refractivity contribution in [2.45, 2.75) is 12.8 Å². The Labute approximate surface area is 172 Å². The van der Waals surface area contributed by atoms with Crippen molar-refractivity contribution in [3.63, 3.8) is 0 Å². The van der Waals surface area contributed by atoms with Crippen molar-refractivity contribution >= 4 is 34.8 Å². The number of carbonyl (C=O) groups is 1. The van der Waals surface area contributed by atoms with Gasteiger partial charge in [-0.05, 0) is 24.3 Å². The summed E-state index contributed by atoms with van der Waals surface area (Å²) in [6, 6.07) is 10.4. The minimum absolute atomic E-state index is 0.189. The summed E-state index contributed by atoms with van der Waals surface area (Å²) in [4.78, 5) is 16.6. The molecule has 0 radical (unpaired) electrons. The van der Waals surface area contributed by atoms with Gasteiger partial charge >= 0.3 is 0 Å². The van der Waals surface area contributed by atoms with E-state index in [1.54, 1.807) is 30.5 Å². The number of aryl methyl sites for hydroxylation is 1. The number of oxazole rings is 1. The van der Waals surface area contributed by atoms with Gasteiger partial charge in [0.2, 0.25) is 5.91 Å². The number of methoxy groups -OCH3 is 2. The normalized spacial score (nSPS) is 10.6. The van der Waals surface area contributed by atoms with Crippen molar-refractivity contribution in [1.29, 1.82) is 0 Å². The maximum Gasteiger partial charge on any atom is 0.224 e. The number of nitrogens with zero attached hydrogens (tertiary/aromatic N) is 1. The third-order valence-corrected chi connectivity index (χ3v) is 4.54. The molecule has 28 heavy (non-hydrogen) atoms. The van der Waals surface area contributed by atoms with Crippen LogP contribution in [0.15, 0.2) is 47.0 Å². The molecular weight excluding hydrogens is 403 g/mol. The first-order valence-corrected chi connectivity index (χ1v) is 9.17. The van der Waals surface area contributed by atoms with E-state index in [0.29, 0.717) is 45.3 Å². The van der Waals surface area contributed by atoms with Crippen LogP contribution in [0.3, 0.4) is 0 Å². The summed E-state index contributed by atoms with van der Waals surface area (Å²) < 4.78 is 16.1. The second-order valence-corrected chi connectivity index (χ2v) is 6.70. The number of carbonyl (C=O) groups excluding carboxylic acids is 1. The fourth-order valence-electron chi connectivity index (χ4n) is 2.56. The van der Waals surface area contributed by atoms with E-state index in [-0.39, 0.29) is 12.3 Å². The number of aromatic nitrogens is 1. The average molecular weight is 421 g/mol. The van der Waals surface area contributed by atoms with Gasteiger partial charge in [-0.25, -0.2) is 4.98 Å². The Morgan fingerprint density at radius 3 is 2.50 bits per heavy atom. The average Bonchev–Trinajstić information content (AvgIpc) is 3.17. The predicted octanol–water partition coefficient (Wildman–Crippen LogP) is 5.24. The highest BCUT2D eigenvalue weighted by Crippen LogP contribution is 2.36. The van der Waals surface area contributed by atoms with Crippen molar-refractivity contribution in [3.8, 4) is 22.8 Å². The Morgan fingerprint density at radius 1 is 1.11 bits per heavy atom. The van der Waals surface area contributed by atoms with Crippen LogP contribution in [0.25, 0.3) is 11.3 Å². The van der Waals surface area contributed by atoms with Gasteiger partial charge in [-0.15, -0.1) is 0 Å². The number of amides is 1. The van der Waals surface area contributed by atoms with E-state index in [1.165, 1.54) is 14.2 Å². The Kier molecular flexibility index (Phi) is 6.44. The first-order chi connectivity index (χ1) is 13.5. The number of ether oxygens (including phenoxy) is 2. The molecule has 1 N–H and O–H groups in total.